The molecular formula is C17H19BrN2O3. The molecule has 1 saturated heterocycles. The molecule has 1 aromatic carbocycles. The van der Waals surface area contributed by atoms with Crippen LogP contribution in [0.1, 0.15) is 28.8 Å². The summed E-state index contributed by atoms with van der Waals surface area (Å²) in [5.41, 5.74) is 0.650. The fraction of sp³-hybridized carbons (Fsp3) is 0.412. The van der Waals surface area contributed by atoms with Crippen LogP contribution in [-0.2, 0) is 0 Å². The number of rotatable bonds is 3. The van der Waals surface area contributed by atoms with E-state index in [0.29, 0.717) is 23.6 Å². The Hall–Kier alpha value is -1.66. The molecule has 1 unspecified atom stereocenters. The maximum atomic E-state index is 12.5. The summed E-state index contributed by atoms with van der Waals surface area (Å²) in [6.45, 7) is 4.29. The normalized spacial score (nSPS) is 18.1. The molecule has 1 fully saturated rings. The molecule has 0 saturated carbocycles. The lowest BCUT2D eigenvalue weighted by atomic mass is 9.99. The third-order valence-corrected chi connectivity index (χ3v) is 4.80. The number of amides is 1. The van der Waals surface area contributed by atoms with E-state index in [2.05, 4.69) is 26.6 Å². The molecule has 2 heterocycles. The van der Waals surface area contributed by atoms with Gasteiger partial charge in [-0.1, -0.05) is 15.9 Å². The Morgan fingerprint density at radius 3 is 3.04 bits per heavy atom. The highest BCUT2D eigenvalue weighted by Gasteiger charge is 2.20. The van der Waals surface area contributed by atoms with E-state index in [4.69, 9.17) is 4.42 Å². The summed E-state index contributed by atoms with van der Waals surface area (Å²) in [7, 11) is 0. The van der Waals surface area contributed by atoms with Crippen molar-refractivity contribution in [3.8, 4) is 0 Å². The van der Waals surface area contributed by atoms with Crippen LogP contribution in [0.3, 0.4) is 0 Å². The number of benzene rings is 1. The van der Waals surface area contributed by atoms with Crippen molar-refractivity contribution in [3.63, 3.8) is 0 Å². The number of carbonyl (C=O) groups excluding carboxylic acids is 1. The van der Waals surface area contributed by atoms with Gasteiger partial charge in [-0.05, 0) is 62.5 Å². The number of fused-ring (bicyclic) bond motifs is 1. The molecule has 1 atom stereocenters. The van der Waals surface area contributed by atoms with Gasteiger partial charge < -0.3 is 15.1 Å². The molecule has 0 spiro atoms. The van der Waals surface area contributed by atoms with Gasteiger partial charge in [-0.2, -0.15) is 0 Å². The molecule has 23 heavy (non-hydrogen) atoms. The van der Waals surface area contributed by atoms with Gasteiger partial charge in [-0.15, -0.1) is 0 Å². The third kappa shape index (κ3) is 3.48. The molecule has 5 nitrogen and oxygen atoms in total. The van der Waals surface area contributed by atoms with Gasteiger partial charge in [-0.3, -0.25) is 4.79 Å². The van der Waals surface area contributed by atoms with E-state index in [1.165, 1.54) is 0 Å². The lowest BCUT2D eigenvalue weighted by molar-refractivity contribution is 0.0940. The van der Waals surface area contributed by atoms with Gasteiger partial charge in [0, 0.05) is 16.4 Å². The first-order chi connectivity index (χ1) is 11.1. The Bertz CT molecular complexity index is 794. The van der Waals surface area contributed by atoms with Gasteiger partial charge >= 0.3 is 5.63 Å². The molecule has 0 radical (unpaired) electrons. The standard InChI is InChI=1S/C17H19BrN2O3/c1-10-13-7-12(18)4-5-14(13)23-17(22)15(10)16(21)20-9-11-3-2-6-19-8-11/h4-5,7,11,19H,2-3,6,8-9H2,1H3,(H,20,21). The van der Waals surface area contributed by atoms with Crippen molar-refractivity contribution in [2.75, 3.05) is 19.6 Å². The maximum absolute atomic E-state index is 12.5. The van der Waals surface area contributed by atoms with Crippen LogP contribution in [0.4, 0.5) is 0 Å². The van der Waals surface area contributed by atoms with Crippen molar-refractivity contribution >= 4 is 32.8 Å². The highest BCUT2D eigenvalue weighted by Crippen LogP contribution is 2.23. The zero-order valence-electron chi connectivity index (χ0n) is 12.9. The summed E-state index contributed by atoms with van der Waals surface area (Å²) in [6, 6.07) is 5.39. The molecule has 0 bridgehead atoms. The molecular weight excluding hydrogens is 360 g/mol. The Labute approximate surface area is 142 Å². The monoisotopic (exact) mass is 378 g/mol. The zero-order chi connectivity index (χ0) is 16.4. The van der Waals surface area contributed by atoms with Gasteiger partial charge in [0.1, 0.15) is 11.1 Å². The first-order valence-electron chi connectivity index (χ1n) is 7.78. The summed E-state index contributed by atoms with van der Waals surface area (Å²) in [6.07, 6.45) is 2.21. The van der Waals surface area contributed by atoms with Crippen LogP contribution >= 0.6 is 15.9 Å². The van der Waals surface area contributed by atoms with Crippen molar-refractivity contribution in [1.29, 1.82) is 0 Å². The molecule has 1 aliphatic heterocycles. The number of aryl methyl sites for hydroxylation is 1. The van der Waals surface area contributed by atoms with E-state index in [1.54, 1.807) is 19.1 Å². The minimum Gasteiger partial charge on any atom is -0.422 e. The fourth-order valence-electron chi connectivity index (χ4n) is 3.01. The topological polar surface area (TPSA) is 71.3 Å². The highest BCUT2D eigenvalue weighted by atomic mass is 79.9. The SMILES string of the molecule is Cc1c(C(=O)NCC2CCCNC2)c(=O)oc2ccc(Br)cc12. The minimum absolute atomic E-state index is 0.0966. The zero-order valence-corrected chi connectivity index (χ0v) is 14.5. The Kier molecular flexibility index (Phi) is 4.82. The number of hydrogen-bond donors (Lipinski definition) is 2. The molecule has 2 N–H and O–H groups in total. The molecule has 1 amide bonds. The van der Waals surface area contributed by atoms with Crippen LogP contribution in [0.25, 0.3) is 11.0 Å². The van der Waals surface area contributed by atoms with E-state index in [0.717, 1.165) is 35.8 Å². The van der Waals surface area contributed by atoms with Crippen molar-refractivity contribution in [2.24, 2.45) is 5.92 Å². The summed E-state index contributed by atoms with van der Waals surface area (Å²) in [5, 5.41) is 6.96. The van der Waals surface area contributed by atoms with Crippen LogP contribution in [0.15, 0.2) is 31.9 Å². The predicted molar refractivity (Wildman–Crippen MR) is 92.8 cm³/mol. The van der Waals surface area contributed by atoms with Crippen LogP contribution in [-0.4, -0.2) is 25.5 Å². The fourth-order valence-corrected chi connectivity index (χ4v) is 3.37. The Morgan fingerprint density at radius 2 is 2.30 bits per heavy atom. The summed E-state index contributed by atoms with van der Waals surface area (Å²) >= 11 is 3.40. The van der Waals surface area contributed by atoms with Crippen molar-refractivity contribution in [1.82, 2.24) is 10.6 Å². The summed E-state index contributed by atoms with van der Waals surface area (Å²) in [4.78, 5) is 24.6. The smallest absolute Gasteiger partial charge is 0.349 e. The quantitative estimate of drug-likeness (QED) is 0.805. The van der Waals surface area contributed by atoms with Gasteiger partial charge in [-0.25, -0.2) is 4.79 Å². The van der Waals surface area contributed by atoms with E-state index >= 15 is 0 Å². The minimum atomic E-state index is -0.586. The van der Waals surface area contributed by atoms with Crippen molar-refractivity contribution in [3.05, 3.63) is 44.2 Å². The first-order valence-corrected chi connectivity index (χ1v) is 8.57. The second-order valence-corrected chi connectivity index (χ2v) is 6.87. The highest BCUT2D eigenvalue weighted by molar-refractivity contribution is 9.10. The molecule has 0 aliphatic carbocycles. The van der Waals surface area contributed by atoms with E-state index in [1.807, 2.05) is 6.07 Å². The Balaban J connectivity index is 1.86. The third-order valence-electron chi connectivity index (χ3n) is 4.30. The predicted octanol–water partition coefficient (Wildman–Crippen LogP) is 2.59. The molecule has 1 aliphatic rings. The first kappa shape index (κ1) is 16.2. The number of hydrogen-bond acceptors (Lipinski definition) is 4. The van der Waals surface area contributed by atoms with Crippen LogP contribution in [0.5, 0.6) is 0 Å². The summed E-state index contributed by atoms with van der Waals surface area (Å²) < 4.78 is 6.17. The van der Waals surface area contributed by atoms with Crippen LogP contribution in [0.2, 0.25) is 0 Å². The summed E-state index contributed by atoms with van der Waals surface area (Å²) in [5.74, 6) is 0.0540. The second-order valence-electron chi connectivity index (χ2n) is 5.95. The molecule has 3 rings (SSSR count). The average molecular weight is 379 g/mol. The molecule has 2 aromatic rings. The van der Waals surface area contributed by atoms with Gasteiger partial charge in [0.05, 0.1) is 0 Å². The lowest BCUT2D eigenvalue weighted by Crippen LogP contribution is -2.39. The van der Waals surface area contributed by atoms with Crippen LogP contribution in [0, 0.1) is 12.8 Å². The number of halogens is 1. The van der Waals surface area contributed by atoms with Gasteiger partial charge in [0.2, 0.25) is 0 Å². The maximum Gasteiger partial charge on any atom is 0.349 e. The Morgan fingerprint density at radius 1 is 1.48 bits per heavy atom. The lowest BCUT2D eigenvalue weighted by Gasteiger charge is -2.22. The van der Waals surface area contributed by atoms with Gasteiger partial charge in [0.25, 0.3) is 5.91 Å². The largest absolute Gasteiger partial charge is 0.422 e. The van der Waals surface area contributed by atoms with E-state index in [9.17, 15) is 9.59 Å². The van der Waals surface area contributed by atoms with E-state index < -0.39 is 5.63 Å². The average Bonchev–Trinajstić information content (AvgIpc) is 2.55. The van der Waals surface area contributed by atoms with E-state index in [-0.39, 0.29) is 11.5 Å². The molecule has 122 valence electrons. The van der Waals surface area contributed by atoms with Crippen molar-refractivity contribution in [2.45, 2.75) is 19.8 Å². The number of piperidine rings is 1. The van der Waals surface area contributed by atoms with Gasteiger partial charge in [0.15, 0.2) is 0 Å². The van der Waals surface area contributed by atoms with Crippen molar-refractivity contribution < 1.29 is 9.21 Å². The second kappa shape index (κ2) is 6.84. The molecule has 1 aromatic heterocycles. The van der Waals surface area contributed by atoms with Crippen LogP contribution < -0.4 is 16.3 Å². The number of nitrogens with one attached hydrogen (secondary N) is 2. The number of carbonyl (C=O) groups is 1. The molecule has 6 heteroatoms.